The van der Waals surface area contributed by atoms with Gasteiger partial charge in [0, 0.05) is 6.07 Å². The number of nitrogens with two attached hydrogens (primary N) is 1. The van der Waals surface area contributed by atoms with E-state index in [9.17, 15) is 24.8 Å². The molecule has 0 bridgehead atoms. The molecule has 1 amide bonds. The lowest BCUT2D eigenvalue weighted by Crippen LogP contribution is -2.34. The summed E-state index contributed by atoms with van der Waals surface area (Å²) in [7, 11) is 1.17. The molecule has 1 unspecified atom stereocenters. The average Bonchev–Trinajstić information content (AvgIpc) is 2.43. The lowest BCUT2D eigenvalue weighted by molar-refractivity contribution is -0.384. The number of anilines is 1. The van der Waals surface area contributed by atoms with Crippen molar-refractivity contribution in [2.75, 3.05) is 19.0 Å². The minimum Gasteiger partial charge on any atom is -0.465 e. The fourth-order valence-corrected chi connectivity index (χ4v) is 1.39. The van der Waals surface area contributed by atoms with E-state index in [1.165, 1.54) is 19.2 Å². The quantitative estimate of drug-likeness (QED) is 0.367. The molecule has 0 spiro atoms. The molecule has 4 N–H and O–H groups in total. The van der Waals surface area contributed by atoms with Crippen LogP contribution in [0, 0.1) is 10.1 Å². The first-order valence-corrected chi connectivity index (χ1v) is 5.44. The maximum Gasteiger partial charge on any atom is 0.337 e. The number of esters is 1. The Morgan fingerprint density at radius 3 is 2.70 bits per heavy atom. The molecule has 0 saturated carbocycles. The van der Waals surface area contributed by atoms with Crippen LogP contribution in [0.1, 0.15) is 10.4 Å². The van der Waals surface area contributed by atoms with E-state index in [-0.39, 0.29) is 23.5 Å². The van der Waals surface area contributed by atoms with E-state index in [0.717, 1.165) is 6.07 Å². The van der Waals surface area contributed by atoms with E-state index >= 15 is 0 Å². The van der Waals surface area contributed by atoms with E-state index in [1.54, 1.807) is 0 Å². The summed E-state index contributed by atoms with van der Waals surface area (Å²) in [4.78, 5) is 32.2. The van der Waals surface area contributed by atoms with E-state index in [1.807, 2.05) is 0 Å². The summed E-state index contributed by atoms with van der Waals surface area (Å²) in [6.07, 6.45) is -1.50. The highest BCUT2D eigenvalue weighted by molar-refractivity contribution is 5.91. The van der Waals surface area contributed by atoms with Gasteiger partial charge in [0.05, 0.1) is 24.1 Å². The highest BCUT2D eigenvalue weighted by Crippen LogP contribution is 2.25. The molecule has 1 aromatic rings. The summed E-state index contributed by atoms with van der Waals surface area (Å²) in [6.45, 7) is -0.319. The number of carbonyl (C=O) groups is 2. The van der Waals surface area contributed by atoms with Crippen molar-refractivity contribution in [2.45, 2.75) is 6.10 Å². The second-order valence-corrected chi connectivity index (χ2v) is 3.78. The molecule has 1 aromatic carbocycles. The normalized spacial score (nSPS) is 11.5. The van der Waals surface area contributed by atoms with Crippen LogP contribution in [0.5, 0.6) is 0 Å². The van der Waals surface area contributed by atoms with Gasteiger partial charge in [-0.15, -0.1) is 0 Å². The number of hydrogen-bond donors (Lipinski definition) is 3. The lowest BCUT2D eigenvalue weighted by Gasteiger charge is -2.11. The maximum atomic E-state index is 11.3. The molecule has 0 heterocycles. The van der Waals surface area contributed by atoms with Gasteiger partial charge in [-0.25, -0.2) is 4.79 Å². The van der Waals surface area contributed by atoms with Gasteiger partial charge in [-0.05, 0) is 12.1 Å². The van der Waals surface area contributed by atoms with Gasteiger partial charge >= 0.3 is 5.97 Å². The number of benzene rings is 1. The number of methoxy groups -OCH3 is 1. The molecular formula is C11H13N3O6. The van der Waals surface area contributed by atoms with E-state index in [0.29, 0.717) is 0 Å². The largest absolute Gasteiger partial charge is 0.465 e. The van der Waals surface area contributed by atoms with Crippen molar-refractivity contribution >= 4 is 23.3 Å². The molecule has 0 aliphatic rings. The summed E-state index contributed by atoms with van der Waals surface area (Å²) >= 11 is 0. The summed E-state index contributed by atoms with van der Waals surface area (Å²) in [5.41, 5.74) is 4.61. The fourth-order valence-electron chi connectivity index (χ4n) is 1.39. The number of amides is 1. The number of nitrogens with one attached hydrogen (secondary N) is 1. The number of rotatable bonds is 6. The number of carbonyl (C=O) groups excluding carboxylic acids is 2. The van der Waals surface area contributed by atoms with Crippen molar-refractivity contribution in [1.82, 2.24) is 0 Å². The van der Waals surface area contributed by atoms with Gasteiger partial charge in [-0.1, -0.05) is 0 Å². The monoisotopic (exact) mass is 283 g/mol. The number of primary amides is 1. The molecule has 108 valence electrons. The number of ether oxygens (including phenoxy) is 1. The molecular weight excluding hydrogens is 270 g/mol. The number of nitro benzene ring substituents is 1. The summed E-state index contributed by atoms with van der Waals surface area (Å²) in [5, 5.41) is 22.6. The van der Waals surface area contributed by atoms with Gasteiger partial charge in [-0.2, -0.15) is 0 Å². The lowest BCUT2D eigenvalue weighted by atomic mass is 10.1. The minimum atomic E-state index is -1.50. The number of nitro groups is 1. The molecule has 0 saturated heterocycles. The molecule has 0 aromatic heterocycles. The molecule has 9 nitrogen and oxygen atoms in total. The third kappa shape index (κ3) is 3.65. The molecule has 9 heteroatoms. The molecule has 0 radical (unpaired) electrons. The Hall–Kier alpha value is -2.68. The molecule has 0 aliphatic carbocycles. The zero-order valence-electron chi connectivity index (χ0n) is 10.5. The second-order valence-electron chi connectivity index (χ2n) is 3.78. The summed E-state index contributed by atoms with van der Waals surface area (Å²) < 4.78 is 4.50. The zero-order chi connectivity index (χ0) is 15.3. The maximum absolute atomic E-state index is 11.3. The van der Waals surface area contributed by atoms with Crippen LogP contribution >= 0.6 is 0 Å². The summed E-state index contributed by atoms with van der Waals surface area (Å²) in [6, 6.07) is 3.54. The molecule has 1 atom stereocenters. The predicted molar refractivity (Wildman–Crippen MR) is 68.1 cm³/mol. The van der Waals surface area contributed by atoms with Crippen molar-refractivity contribution in [3.63, 3.8) is 0 Å². The first-order chi connectivity index (χ1) is 9.36. The van der Waals surface area contributed by atoms with Crippen LogP contribution in [0.25, 0.3) is 0 Å². The van der Waals surface area contributed by atoms with E-state index < -0.39 is 22.9 Å². The first kappa shape index (κ1) is 15.4. The minimum absolute atomic E-state index is 0.0294. The average molecular weight is 283 g/mol. The Morgan fingerprint density at radius 1 is 1.55 bits per heavy atom. The van der Waals surface area contributed by atoms with Crippen LogP contribution in [-0.4, -0.2) is 41.7 Å². The van der Waals surface area contributed by atoms with Crippen molar-refractivity contribution in [2.24, 2.45) is 5.73 Å². The Balaban J connectivity index is 3.03. The first-order valence-electron chi connectivity index (χ1n) is 5.44. The SMILES string of the molecule is COC(=O)c1ccc([N+](=O)[O-])c(NCC(O)C(N)=O)c1. The zero-order valence-corrected chi connectivity index (χ0v) is 10.5. The molecule has 0 fully saturated rings. The predicted octanol–water partition coefficient (Wildman–Crippen LogP) is -0.361. The van der Waals surface area contributed by atoms with Crippen LogP contribution in [0.3, 0.4) is 0 Å². The van der Waals surface area contributed by atoms with Crippen molar-refractivity contribution < 1.29 is 24.4 Å². The number of aliphatic hydroxyl groups is 1. The number of hydrogen-bond acceptors (Lipinski definition) is 7. The highest BCUT2D eigenvalue weighted by atomic mass is 16.6. The standard InChI is InChI=1S/C11H13N3O6/c1-20-11(17)6-2-3-8(14(18)19)7(4-6)13-5-9(15)10(12)16/h2-4,9,13,15H,5H2,1H3,(H2,12,16). The summed E-state index contributed by atoms with van der Waals surface area (Å²) in [5.74, 6) is -1.64. The van der Waals surface area contributed by atoms with Gasteiger partial charge < -0.3 is 20.9 Å². The Kier molecular flexibility index (Phi) is 4.98. The number of aliphatic hydroxyl groups excluding tert-OH is 1. The second kappa shape index (κ2) is 6.48. The molecule has 20 heavy (non-hydrogen) atoms. The van der Waals surface area contributed by atoms with Crippen molar-refractivity contribution in [1.29, 1.82) is 0 Å². The van der Waals surface area contributed by atoms with Crippen LogP contribution in [-0.2, 0) is 9.53 Å². The van der Waals surface area contributed by atoms with Gasteiger partial charge in [0.1, 0.15) is 11.8 Å². The van der Waals surface area contributed by atoms with Crippen molar-refractivity contribution in [3.05, 3.63) is 33.9 Å². The smallest absolute Gasteiger partial charge is 0.337 e. The molecule has 1 rings (SSSR count). The highest BCUT2D eigenvalue weighted by Gasteiger charge is 2.19. The van der Waals surface area contributed by atoms with E-state index in [4.69, 9.17) is 5.73 Å². The Labute approximate surface area is 113 Å². The topological polar surface area (TPSA) is 145 Å². The Morgan fingerprint density at radius 2 is 2.20 bits per heavy atom. The Bertz CT molecular complexity index is 545. The van der Waals surface area contributed by atoms with Crippen LogP contribution < -0.4 is 11.1 Å². The van der Waals surface area contributed by atoms with Gasteiger partial charge in [0.15, 0.2) is 0 Å². The van der Waals surface area contributed by atoms with Crippen molar-refractivity contribution in [3.8, 4) is 0 Å². The van der Waals surface area contributed by atoms with Crippen LogP contribution in [0.4, 0.5) is 11.4 Å². The third-order valence-electron chi connectivity index (χ3n) is 2.43. The van der Waals surface area contributed by atoms with E-state index in [2.05, 4.69) is 10.1 Å². The number of nitrogens with zero attached hydrogens (tertiary/aromatic N) is 1. The van der Waals surface area contributed by atoms with Gasteiger partial charge in [0.2, 0.25) is 5.91 Å². The van der Waals surface area contributed by atoms with Gasteiger partial charge in [0.25, 0.3) is 5.69 Å². The van der Waals surface area contributed by atoms with Gasteiger partial charge in [-0.3, -0.25) is 14.9 Å². The van der Waals surface area contributed by atoms with Crippen LogP contribution in [0.2, 0.25) is 0 Å². The van der Waals surface area contributed by atoms with Crippen LogP contribution in [0.15, 0.2) is 18.2 Å². The fraction of sp³-hybridized carbons (Fsp3) is 0.273. The molecule has 0 aliphatic heterocycles. The third-order valence-corrected chi connectivity index (χ3v) is 2.43.